The van der Waals surface area contributed by atoms with Crippen molar-refractivity contribution in [3.63, 3.8) is 0 Å². The van der Waals surface area contributed by atoms with Gasteiger partial charge in [0.25, 0.3) is 0 Å². The molecule has 0 aliphatic rings. The maximum Gasteiger partial charge on any atom is 0.305 e. The second-order valence-electron chi connectivity index (χ2n) is 5.18. The molecule has 6 heteroatoms. The smallest absolute Gasteiger partial charge is 0.305 e. The summed E-state index contributed by atoms with van der Waals surface area (Å²) in [7, 11) is 0. The van der Waals surface area contributed by atoms with Gasteiger partial charge in [-0.3, -0.25) is 14.4 Å². The highest BCUT2D eigenvalue weighted by Crippen LogP contribution is 2.19. The molecule has 1 aromatic carbocycles. The molecule has 1 unspecified atom stereocenters. The van der Waals surface area contributed by atoms with Crippen molar-refractivity contribution in [2.24, 2.45) is 0 Å². The third-order valence-electron chi connectivity index (χ3n) is 3.28. The van der Waals surface area contributed by atoms with Crippen LogP contribution < -0.4 is 5.32 Å². The highest BCUT2D eigenvalue weighted by molar-refractivity contribution is 7.12. The predicted molar refractivity (Wildman–Crippen MR) is 87.6 cm³/mol. The number of hydrogen-bond donors (Lipinski definition) is 2. The minimum Gasteiger partial charge on any atom is -0.481 e. The first-order valence-corrected chi connectivity index (χ1v) is 7.98. The maximum atomic E-state index is 12.2. The Morgan fingerprint density at radius 3 is 2.48 bits per heavy atom. The van der Waals surface area contributed by atoms with Crippen molar-refractivity contribution in [3.8, 4) is 0 Å². The van der Waals surface area contributed by atoms with Crippen LogP contribution in [0, 0.1) is 0 Å². The van der Waals surface area contributed by atoms with Crippen LogP contribution in [0.5, 0.6) is 0 Å². The molecule has 23 heavy (non-hydrogen) atoms. The van der Waals surface area contributed by atoms with Crippen LogP contribution in [-0.2, 0) is 16.0 Å². The molecule has 2 rings (SSSR count). The van der Waals surface area contributed by atoms with Gasteiger partial charge in [0, 0.05) is 0 Å². The normalized spacial score (nSPS) is 11.7. The minimum atomic E-state index is -0.978. The third-order valence-corrected chi connectivity index (χ3v) is 4.36. The second-order valence-corrected chi connectivity index (χ2v) is 6.09. The lowest BCUT2D eigenvalue weighted by Crippen LogP contribution is -2.31. The number of amides is 1. The van der Waals surface area contributed by atoms with Crippen LogP contribution in [0.25, 0.3) is 0 Å². The largest absolute Gasteiger partial charge is 0.481 e. The molecule has 5 nitrogen and oxygen atoms in total. The van der Waals surface area contributed by atoms with Crippen LogP contribution in [0.15, 0.2) is 41.8 Å². The zero-order chi connectivity index (χ0) is 16.8. The quantitative estimate of drug-likeness (QED) is 0.764. The molecule has 0 spiro atoms. The summed E-state index contributed by atoms with van der Waals surface area (Å²) < 4.78 is 0. The lowest BCUT2D eigenvalue weighted by molar-refractivity contribution is -0.137. The van der Waals surface area contributed by atoms with Crippen molar-refractivity contribution in [1.82, 2.24) is 5.32 Å². The molecule has 120 valence electrons. The van der Waals surface area contributed by atoms with Gasteiger partial charge in [-0.2, -0.15) is 0 Å². The average Bonchev–Trinajstić information content (AvgIpc) is 2.95. The molecule has 1 atom stereocenters. The summed E-state index contributed by atoms with van der Waals surface area (Å²) in [6.07, 6.45) is -0.0647. The van der Waals surface area contributed by atoms with Crippen LogP contribution in [0.4, 0.5) is 0 Å². The molecule has 0 aliphatic heterocycles. The second kappa shape index (κ2) is 7.69. The fourth-order valence-corrected chi connectivity index (χ4v) is 3.01. The van der Waals surface area contributed by atoms with E-state index in [0.29, 0.717) is 4.88 Å². The van der Waals surface area contributed by atoms with Gasteiger partial charge < -0.3 is 10.4 Å². The summed E-state index contributed by atoms with van der Waals surface area (Å²) in [5.41, 5.74) is 1.50. The average molecular weight is 331 g/mol. The van der Waals surface area contributed by atoms with E-state index in [4.69, 9.17) is 5.11 Å². The highest BCUT2D eigenvalue weighted by Gasteiger charge is 2.18. The molecule has 0 bridgehead atoms. The number of hydrogen-bond acceptors (Lipinski definition) is 4. The van der Waals surface area contributed by atoms with E-state index in [1.807, 2.05) is 6.07 Å². The van der Waals surface area contributed by atoms with Gasteiger partial charge >= 0.3 is 5.97 Å². The first-order chi connectivity index (χ1) is 11.0. The number of benzene rings is 1. The topological polar surface area (TPSA) is 83.5 Å². The van der Waals surface area contributed by atoms with E-state index in [-0.39, 0.29) is 24.5 Å². The Bertz CT molecular complexity index is 708. The number of carbonyl (C=O) groups excluding carboxylic acids is 2. The Morgan fingerprint density at radius 2 is 1.91 bits per heavy atom. The molecule has 0 aliphatic carbocycles. The Labute approximate surface area is 138 Å². The molecule has 1 heterocycles. The van der Waals surface area contributed by atoms with E-state index in [1.165, 1.54) is 18.3 Å². The summed E-state index contributed by atoms with van der Waals surface area (Å²) in [6.45, 7) is 1.48. The van der Waals surface area contributed by atoms with Crippen molar-refractivity contribution in [3.05, 3.63) is 57.8 Å². The van der Waals surface area contributed by atoms with Crippen molar-refractivity contribution < 1.29 is 19.5 Å². The van der Waals surface area contributed by atoms with Gasteiger partial charge in [0.05, 0.1) is 23.8 Å². The van der Waals surface area contributed by atoms with E-state index in [1.54, 1.807) is 35.7 Å². The number of carboxylic acid groups (broad SMARTS) is 1. The maximum absolute atomic E-state index is 12.2. The molecule has 0 saturated heterocycles. The van der Waals surface area contributed by atoms with Gasteiger partial charge in [-0.05, 0) is 29.5 Å². The number of ketones is 1. The predicted octanol–water partition coefficient (Wildman–Crippen LogP) is 2.83. The van der Waals surface area contributed by atoms with E-state index in [2.05, 4.69) is 5.32 Å². The molecule has 1 amide bonds. The molecule has 0 saturated carbocycles. The summed E-state index contributed by atoms with van der Waals surface area (Å²) in [5.74, 6) is -1.28. The number of carbonyl (C=O) groups is 3. The molecule has 2 aromatic rings. The number of aliphatic carboxylic acids is 1. The molecule has 2 N–H and O–H groups in total. The summed E-state index contributed by atoms with van der Waals surface area (Å²) >= 11 is 1.30. The fraction of sp³-hybridized carbons (Fsp3) is 0.235. The molecule has 0 fully saturated rings. The van der Waals surface area contributed by atoms with Crippen LogP contribution in [0.2, 0.25) is 0 Å². The fourth-order valence-electron chi connectivity index (χ4n) is 2.20. The van der Waals surface area contributed by atoms with Crippen LogP contribution >= 0.6 is 11.3 Å². The monoisotopic (exact) mass is 331 g/mol. The summed E-state index contributed by atoms with van der Waals surface area (Å²) in [4.78, 5) is 35.1. The summed E-state index contributed by atoms with van der Waals surface area (Å²) in [5, 5.41) is 13.5. The lowest BCUT2D eigenvalue weighted by Gasteiger charge is -2.17. The third kappa shape index (κ3) is 5.03. The number of carboxylic acids is 1. The number of Topliss-reactive ketones (excluding diaryl/α,β-unsaturated/α-hetero) is 1. The molecular formula is C17H17NO4S. The van der Waals surface area contributed by atoms with Gasteiger partial charge in [0.2, 0.25) is 5.91 Å². The first kappa shape index (κ1) is 16.9. The number of nitrogens with one attached hydrogen (secondary N) is 1. The number of thiophene rings is 1. The number of rotatable bonds is 7. The van der Waals surface area contributed by atoms with Crippen LogP contribution in [-0.4, -0.2) is 22.8 Å². The standard InChI is InChI=1S/C17H17NO4S/c1-11(19)15-7-12(10-23-15)8-16(20)18-14(9-17(21)22)13-5-3-2-4-6-13/h2-7,10,14H,8-9H2,1H3,(H,18,20)(H,21,22). The van der Waals surface area contributed by atoms with Gasteiger partial charge in [-0.15, -0.1) is 11.3 Å². The van der Waals surface area contributed by atoms with Crippen LogP contribution in [0.3, 0.4) is 0 Å². The van der Waals surface area contributed by atoms with Gasteiger partial charge in [0.1, 0.15) is 0 Å². The summed E-state index contributed by atoms with van der Waals surface area (Å²) in [6, 6.07) is 10.1. The van der Waals surface area contributed by atoms with Gasteiger partial charge in [-0.25, -0.2) is 0 Å². The Morgan fingerprint density at radius 1 is 1.22 bits per heavy atom. The first-order valence-electron chi connectivity index (χ1n) is 7.10. The highest BCUT2D eigenvalue weighted by atomic mass is 32.1. The van der Waals surface area contributed by atoms with E-state index < -0.39 is 12.0 Å². The Balaban J connectivity index is 2.05. The van der Waals surface area contributed by atoms with Crippen molar-refractivity contribution in [2.45, 2.75) is 25.8 Å². The van der Waals surface area contributed by atoms with Crippen molar-refractivity contribution in [2.75, 3.05) is 0 Å². The zero-order valence-corrected chi connectivity index (χ0v) is 13.4. The SMILES string of the molecule is CC(=O)c1cc(CC(=O)NC(CC(=O)O)c2ccccc2)cs1. The van der Waals surface area contributed by atoms with Crippen molar-refractivity contribution >= 4 is 29.0 Å². The molecule has 1 aromatic heterocycles. The Kier molecular flexibility index (Phi) is 5.65. The van der Waals surface area contributed by atoms with Gasteiger partial charge in [0.15, 0.2) is 5.78 Å². The van der Waals surface area contributed by atoms with E-state index in [9.17, 15) is 14.4 Å². The lowest BCUT2D eigenvalue weighted by atomic mass is 10.0. The molecule has 0 radical (unpaired) electrons. The minimum absolute atomic E-state index is 0.0327. The zero-order valence-electron chi connectivity index (χ0n) is 12.6. The van der Waals surface area contributed by atoms with E-state index in [0.717, 1.165) is 11.1 Å². The van der Waals surface area contributed by atoms with Crippen molar-refractivity contribution in [1.29, 1.82) is 0 Å². The van der Waals surface area contributed by atoms with Crippen LogP contribution in [0.1, 0.15) is 40.2 Å². The van der Waals surface area contributed by atoms with Gasteiger partial charge in [-0.1, -0.05) is 30.3 Å². The van der Waals surface area contributed by atoms with E-state index >= 15 is 0 Å². The molecular weight excluding hydrogens is 314 g/mol. The Hall–Kier alpha value is -2.47.